The number of halogens is 1. The van der Waals surface area contributed by atoms with Crippen LogP contribution < -0.4 is 0 Å². The van der Waals surface area contributed by atoms with Gasteiger partial charge in [-0.2, -0.15) is 10.4 Å². The van der Waals surface area contributed by atoms with Gasteiger partial charge in [0, 0.05) is 41.9 Å². The first kappa shape index (κ1) is 20.1. The highest BCUT2D eigenvalue weighted by molar-refractivity contribution is 6.30. The number of amides is 1. The zero-order valence-corrected chi connectivity index (χ0v) is 16.1. The van der Waals surface area contributed by atoms with Crippen molar-refractivity contribution < 1.29 is 14.6 Å². The highest BCUT2D eigenvalue weighted by atomic mass is 35.5. The van der Waals surface area contributed by atoms with Crippen LogP contribution in [0.5, 0.6) is 0 Å². The van der Waals surface area contributed by atoms with Crippen molar-refractivity contribution in [2.24, 2.45) is 0 Å². The summed E-state index contributed by atoms with van der Waals surface area (Å²) in [7, 11) is 0. The highest BCUT2D eigenvalue weighted by Crippen LogP contribution is 2.33. The summed E-state index contributed by atoms with van der Waals surface area (Å²) in [5.74, 6) is -0.0189. The second-order valence-corrected chi connectivity index (χ2v) is 7.02. The van der Waals surface area contributed by atoms with Gasteiger partial charge in [0.05, 0.1) is 31.6 Å². The molecule has 1 aromatic carbocycles. The molecule has 1 aliphatic rings. The Balaban J connectivity index is 1.80. The molecule has 1 N–H and O–H groups in total. The number of nitrogens with zero attached hydrogens (tertiary/aromatic N) is 4. The standard InChI is InChI=1S/C20H21ClN4O3/c1-14(10-22)8-19(26)17-3-2-16(21)9-18(17)15-11-23-25(12-15)13-20(27)24-4-6-28-7-5-24/h2-3,9,11-12,19,26H,1,4-8,13H2. The van der Waals surface area contributed by atoms with Crippen molar-refractivity contribution in [3.05, 3.63) is 53.3 Å². The molecule has 1 aliphatic heterocycles. The number of rotatable bonds is 6. The molecule has 2 heterocycles. The molecule has 1 atom stereocenters. The number of carbonyl (C=O) groups excluding carboxylic acids is 1. The first-order valence-electron chi connectivity index (χ1n) is 8.91. The Kier molecular flexibility index (Phi) is 6.47. The zero-order chi connectivity index (χ0) is 20.1. The molecule has 1 fully saturated rings. The van der Waals surface area contributed by atoms with E-state index in [-0.39, 0.29) is 18.9 Å². The van der Waals surface area contributed by atoms with Crippen LogP contribution in [0.4, 0.5) is 0 Å². The van der Waals surface area contributed by atoms with E-state index < -0.39 is 6.10 Å². The third-order valence-electron chi connectivity index (χ3n) is 4.58. The van der Waals surface area contributed by atoms with Crippen molar-refractivity contribution in [3.8, 4) is 17.2 Å². The van der Waals surface area contributed by atoms with Crippen molar-refractivity contribution >= 4 is 17.5 Å². The van der Waals surface area contributed by atoms with Crippen molar-refractivity contribution in [2.75, 3.05) is 26.3 Å². The van der Waals surface area contributed by atoms with E-state index in [0.29, 0.717) is 48.0 Å². The fourth-order valence-corrected chi connectivity index (χ4v) is 3.27. The molecule has 146 valence electrons. The lowest BCUT2D eigenvalue weighted by Crippen LogP contribution is -2.42. The van der Waals surface area contributed by atoms with Gasteiger partial charge in [0.1, 0.15) is 6.54 Å². The van der Waals surface area contributed by atoms with E-state index >= 15 is 0 Å². The summed E-state index contributed by atoms with van der Waals surface area (Å²) in [5, 5.41) is 24.2. The Labute approximate surface area is 168 Å². The average Bonchev–Trinajstić information content (AvgIpc) is 3.16. The Bertz CT molecular complexity index is 912. The van der Waals surface area contributed by atoms with Gasteiger partial charge in [-0.25, -0.2) is 0 Å². The number of aliphatic hydroxyl groups excluding tert-OH is 1. The van der Waals surface area contributed by atoms with Crippen molar-refractivity contribution in [2.45, 2.75) is 19.1 Å². The van der Waals surface area contributed by atoms with Gasteiger partial charge >= 0.3 is 0 Å². The first-order valence-corrected chi connectivity index (χ1v) is 9.29. The number of ether oxygens (including phenoxy) is 1. The Morgan fingerprint density at radius 3 is 2.89 bits per heavy atom. The molecule has 1 amide bonds. The summed E-state index contributed by atoms with van der Waals surface area (Å²) in [6.45, 7) is 6.02. The minimum Gasteiger partial charge on any atom is -0.388 e. The minimum atomic E-state index is -0.891. The fourth-order valence-electron chi connectivity index (χ4n) is 3.10. The number of hydrogen-bond donors (Lipinski definition) is 1. The van der Waals surface area contributed by atoms with Gasteiger partial charge in [-0.15, -0.1) is 0 Å². The summed E-state index contributed by atoms with van der Waals surface area (Å²) >= 11 is 6.15. The summed E-state index contributed by atoms with van der Waals surface area (Å²) < 4.78 is 6.83. The van der Waals surface area contributed by atoms with Gasteiger partial charge in [-0.05, 0) is 23.3 Å². The predicted octanol–water partition coefficient (Wildman–Crippen LogP) is 2.57. The summed E-state index contributed by atoms with van der Waals surface area (Å²) in [6.07, 6.45) is 2.62. The zero-order valence-electron chi connectivity index (χ0n) is 15.3. The summed E-state index contributed by atoms with van der Waals surface area (Å²) in [5.41, 5.74) is 2.35. The van der Waals surface area contributed by atoms with Gasteiger partial charge in [0.25, 0.3) is 0 Å². The SMILES string of the molecule is C=C(C#N)CC(O)c1ccc(Cl)cc1-c1cnn(CC(=O)N2CCOCC2)c1. The number of benzene rings is 1. The van der Waals surface area contributed by atoms with Crippen LogP contribution in [0.25, 0.3) is 11.1 Å². The maximum absolute atomic E-state index is 12.4. The van der Waals surface area contributed by atoms with E-state index in [1.54, 1.807) is 40.2 Å². The molecule has 0 radical (unpaired) electrons. The van der Waals surface area contributed by atoms with Gasteiger partial charge < -0.3 is 14.7 Å². The second kappa shape index (κ2) is 9.02. The van der Waals surface area contributed by atoms with Crippen LogP contribution in [-0.2, 0) is 16.1 Å². The van der Waals surface area contributed by atoms with Crippen LogP contribution in [0.15, 0.2) is 42.7 Å². The molecule has 28 heavy (non-hydrogen) atoms. The Morgan fingerprint density at radius 2 is 2.18 bits per heavy atom. The van der Waals surface area contributed by atoms with Crippen molar-refractivity contribution in [1.82, 2.24) is 14.7 Å². The van der Waals surface area contributed by atoms with E-state index in [4.69, 9.17) is 21.6 Å². The Hall–Kier alpha value is -2.66. The van der Waals surface area contributed by atoms with Gasteiger partial charge in [-0.1, -0.05) is 24.2 Å². The number of hydrogen-bond acceptors (Lipinski definition) is 5. The molecular weight excluding hydrogens is 380 g/mol. The van der Waals surface area contributed by atoms with Gasteiger partial charge in [0.15, 0.2) is 0 Å². The molecule has 0 aliphatic carbocycles. The Morgan fingerprint density at radius 1 is 1.43 bits per heavy atom. The molecule has 2 aromatic rings. The lowest BCUT2D eigenvalue weighted by atomic mass is 9.95. The number of nitriles is 1. The van der Waals surface area contributed by atoms with Crippen LogP contribution in [0, 0.1) is 11.3 Å². The van der Waals surface area contributed by atoms with Crippen LogP contribution in [0.3, 0.4) is 0 Å². The quantitative estimate of drug-likeness (QED) is 0.752. The molecule has 1 unspecified atom stereocenters. The molecule has 1 saturated heterocycles. The van der Waals surface area contributed by atoms with E-state index in [1.165, 1.54) is 0 Å². The largest absolute Gasteiger partial charge is 0.388 e. The average molecular weight is 401 g/mol. The molecule has 7 nitrogen and oxygen atoms in total. The molecule has 0 spiro atoms. The van der Waals surface area contributed by atoms with E-state index in [0.717, 1.165) is 5.56 Å². The molecule has 1 aromatic heterocycles. The summed E-state index contributed by atoms with van der Waals surface area (Å²) in [6, 6.07) is 7.09. The number of aliphatic hydroxyl groups is 1. The van der Waals surface area contributed by atoms with E-state index in [1.807, 2.05) is 6.07 Å². The smallest absolute Gasteiger partial charge is 0.244 e. The predicted molar refractivity (Wildman–Crippen MR) is 104 cm³/mol. The van der Waals surface area contributed by atoms with Crippen LogP contribution in [-0.4, -0.2) is 52.0 Å². The highest BCUT2D eigenvalue weighted by Gasteiger charge is 2.19. The third-order valence-corrected chi connectivity index (χ3v) is 4.81. The fraction of sp³-hybridized carbons (Fsp3) is 0.350. The van der Waals surface area contributed by atoms with Gasteiger partial charge in [0.2, 0.25) is 5.91 Å². The lowest BCUT2D eigenvalue weighted by molar-refractivity contribution is -0.136. The van der Waals surface area contributed by atoms with E-state index in [9.17, 15) is 9.90 Å². The number of aromatic nitrogens is 2. The third kappa shape index (κ3) is 4.78. The maximum atomic E-state index is 12.4. The van der Waals surface area contributed by atoms with E-state index in [2.05, 4.69) is 11.7 Å². The number of morpholine rings is 1. The molecule has 8 heteroatoms. The minimum absolute atomic E-state index is 0.0189. The van der Waals surface area contributed by atoms with Gasteiger partial charge in [-0.3, -0.25) is 9.48 Å². The maximum Gasteiger partial charge on any atom is 0.244 e. The molecule has 0 saturated carbocycles. The first-order chi connectivity index (χ1) is 13.5. The molecule has 0 bridgehead atoms. The lowest BCUT2D eigenvalue weighted by Gasteiger charge is -2.26. The van der Waals surface area contributed by atoms with Crippen molar-refractivity contribution in [3.63, 3.8) is 0 Å². The monoisotopic (exact) mass is 400 g/mol. The van der Waals surface area contributed by atoms with Crippen LogP contribution in [0.1, 0.15) is 18.1 Å². The van der Waals surface area contributed by atoms with Crippen molar-refractivity contribution in [1.29, 1.82) is 5.26 Å². The topological polar surface area (TPSA) is 91.4 Å². The second-order valence-electron chi connectivity index (χ2n) is 6.59. The molecular formula is C20H21ClN4O3. The van der Waals surface area contributed by atoms with Crippen LogP contribution >= 0.6 is 11.6 Å². The van der Waals surface area contributed by atoms with Crippen LogP contribution in [0.2, 0.25) is 5.02 Å². The normalized spacial score (nSPS) is 15.1. The summed E-state index contributed by atoms with van der Waals surface area (Å²) in [4.78, 5) is 14.2. The number of carbonyl (C=O) groups is 1. The molecule has 3 rings (SSSR count).